The van der Waals surface area contributed by atoms with E-state index in [1.165, 1.54) is 11.3 Å². The van der Waals surface area contributed by atoms with E-state index >= 15 is 0 Å². The van der Waals surface area contributed by atoms with E-state index in [0.29, 0.717) is 10.4 Å². The van der Waals surface area contributed by atoms with Crippen molar-refractivity contribution in [2.24, 2.45) is 0 Å². The van der Waals surface area contributed by atoms with E-state index in [1.54, 1.807) is 12.1 Å². The Labute approximate surface area is 145 Å². The minimum absolute atomic E-state index is 0.0283. The fraction of sp³-hybridized carbons (Fsp3) is 0.389. The molecule has 1 amide bonds. The number of hydrogen-bond acceptors (Lipinski definition) is 5. The van der Waals surface area contributed by atoms with Gasteiger partial charge in [-0.3, -0.25) is 4.79 Å². The molecule has 124 valence electrons. The standard InChI is InChI=1S/C18H20N4OS/c1-12-16(17(23)21-15-7-9-22(2)10-8-15)24-18(20-12)14-5-3-13(11-19)4-6-14/h3-6,15H,7-10H2,1-2H3,(H,21,23). The summed E-state index contributed by atoms with van der Waals surface area (Å²) in [6, 6.07) is 9.63. The summed E-state index contributed by atoms with van der Waals surface area (Å²) in [6.45, 7) is 3.90. The summed E-state index contributed by atoms with van der Waals surface area (Å²) in [5.74, 6) is -0.0283. The lowest BCUT2D eigenvalue weighted by molar-refractivity contribution is 0.0920. The Balaban J connectivity index is 1.73. The van der Waals surface area contributed by atoms with Gasteiger partial charge in [0.05, 0.1) is 17.3 Å². The molecule has 0 radical (unpaired) electrons. The highest BCUT2D eigenvalue weighted by Crippen LogP contribution is 2.28. The van der Waals surface area contributed by atoms with Gasteiger partial charge in [0.25, 0.3) is 5.91 Å². The zero-order valence-corrected chi connectivity index (χ0v) is 14.7. The molecule has 1 aromatic heterocycles. The number of likely N-dealkylation sites (tertiary alicyclic amines) is 1. The molecule has 1 aliphatic rings. The first-order valence-electron chi connectivity index (χ1n) is 8.04. The van der Waals surface area contributed by atoms with Gasteiger partial charge in [-0.15, -0.1) is 11.3 Å². The van der Waals surface area contributed by atoms with Gasteiger partial charge in [-0.05, 0) is 52.0 Å². The van der Waals surface area contributed by atoms with E-state index < -0.39 is 0 Å². The zero-order valence-electron chi connectivity index (χ0n) is 13.9. The average Bonchev–Trinajstić information content (AvgIpc) is 2.99. The van der Waals surface area contributed by atoms with Crippen molar-refractivity contribution in [3.63, 3.8) is 0 Å². The Morgan fingerprint density at radius 2 is 2.00 bits per heavy atom. The number of aromatic nitrogens is 1. The summed E-state index contributed by atoms with van der Waals surface area (Å²) >= 11 is 1.41. The van der Waals surface area contributed by atoms with E-state index in [9.17, 15) is 4.79 Å². The molecule has 6 heteroatoms. The number of piperidine rings is 1. The summed E-state index contributed by atoms with van der Waals surface area (Å²) in [4.78, 5) is 20.0. The molecule has 3 rings (SSSR count). The van der Waals surface area contributed by atoms with Crippen LogP contribution in [0.3, 0.4) is 0 Å². The fourth-order valence-corrected chi connectivity index (χ4v) is 3.80. The molecule has 0 bridgehead atoms. The van der Waals surface area contributed by atoms with Crippen molar-refractivity contribution >= 4 is 17.2 Å². The van der Waals surface area contributed by atoms with Crippen molar-refractivity contribution in [3.8, 4) is 16.6 Å². The molecule has 1 N–H and O–H groups in total. The van der Waals surface area contributed by atoms with Crippen molar-refractivity contribution in [3.05, 3.63) is 40.4 Å². The Morgan fingerprint density at radius 3 is 2.62 bits per heavy atom. The van der Waals surface area contributed by atoms with Crippen LogP contribution in [0.25, 0.3) is 10.6 Å². The number of amides is 1. The van der Waals surface area contributed by atoms with Gasteiger partial charge in [-0.2, -0.15) is 5.26 Å². The molecule has 0 saturated carbocycles. The quantitative estimate of drug-likeness (QED) is 0.933. The normalized spacial score (nSPS) is 15.9. The third-order valence-corrected chi connectivity index (χ3v) is 5.52. The second-order valence-electron chi connectivity index (χ2n) is 6.17. The van der Waals surface area contributed by atoms with Crippen LogP contribution in [-0.2, 0) is 0 Å². The van der Waals surface area contributed by atoms with Crippen LogP contribution < -0.4 is 5.32 Å². The first kappa shape index (κ1) is 16.6. The maximum atomic E-state index is 12.6. The number of nitrogens with zero attached hydrogens (tertiary/aromatic N) is 3. The van der Waals surface area contributed by atoms with Gasteiger partial charge in [-0.1, -0.05) is 12.1 Å². The number of rotatable bonds is 3. The molecule has 0 aliphatic carbocycles. The zero-order chi connectivity index (χ0) is 17.1. The van der Waals surface area contributed by atoms with Crippen LogP contribution >= 0.6 is 11.3 Å². The highest BCUT2D eigenvalue weighted by Gasteiger charge is 2.22. The number of carbonyl (C=O) groups is 1. The number of nitriles is 1. The van der Waals surface area contributed by atoms with Gasteiger partial charge in [0, 0.05) is 11.6 Å². The monoisotopic (exact) mass is 340 g/mol. The van der Waals surface area contributed by atoms with Crippen molar-refractivity contribution < 1.29 is 4.79 Å². The lowest BCUT2D eigenvalue weighted by atomic mass is 10.1. The molecular formula is C18H20N4OS. The van der Waals surface area contributed by atoms with E-state index in [-0.39, 0.29) is 11.9 Å². The lowest BCUT2D eigenvalue weighted by Gasteiger charge is -2.29. The minimum Gasteiger partial charge on any atom is -0.348 e. The average molecular weight is 340 g/mol. The van der Waals surface area contributed by atoms with Gasteiger partial charge in [0.15, 0.2) is 0 Å². The third kappa shape index (κ3) is 3.64. The van der Waals surface area contributed by atoms with Crippen LogP contribution in [0, 0.1) is 18.3 Å². The van der Waals surface area contributed by atoms with Crippen molar-refractivity contribution in [2.75, 3.05) is 20.1 Å². The number of thiazole rings is 1. The predicted molar refractivity (Wildman–Crippen MR) is 95.0 cm³/mol. The van der Waals surface area contributed by atoms with E-state index in [0.717, 1.165) is 42.2 Å². The Hall–Kier alpha value is -2.23. The van der Waals surface area contributed by atoms with E-state index in [2.05, 4.69) is 28.3 Å². The fourth-order valence-electron chi connectivity index (χ4n) is 2.82. The molecule has 1 aromatic carbocycles. The van der Waals surface area contributed by atoms with Crippen LogP contribution in [0.15, 0.2) is 24.3 Å². The topological polar surface area (TPSA) is 69.0 Å². The van der Waals surface area contributed by atoms with E-state index in [1.807, 2.05) is 19.1 Å². The van der Waals surface area contributed by atoms with Crippen LogP contribution in [0.4, 0.5) is 0 Å². The number of hydrogen-bond donors (Lipinski definition) is 1. The molecule has 1 aliphatic heterocycles. The summed E-state index contributed by atoms with van der Waals surface area (Å²) in [7, 11) is 2.11. The molecule has 2 aromatic rings. The van der Waals surface area contributed by atoms with E-state index in [4.69, 9.17) is 5.26 Å². The van der Waals surface area contributed by atoms with Crippen LogP contribution in [-0.4, -0.2) is 42.0 Å². The smallest absolute Gasteiger partial charge is 0.263 e. The molecule has 2 heterocycles. The van der Waals surface area contributed by atoms with Gasteiger partial charge < -0.3 is 10.2 Å². The van der Waals surface area contributed by atoms with Crippen LogP contribution in [0.2, 0.25) is 0 Å². The third-order valence-electron chi connectivity index (χ3n) is 4.32. The van der Waals surface area contributed by atoms with Gasteiger partial charge in [-0.25, -0.2) is 4.98 Å². The molecule has 1 saturated heterocycles. The summed E-state index contributed by atoms with van der Waals surface area (Å²) in [5.41, 5.74) is 2.30. The second-order valence-corrected chi connectivity index (χ2v) is 7.17. The van der Waals surface area contributed by atoms with Gasteiger partial charge in [0.2, 0.25) is 0 Å². The number of nitrogens with one attached hydrogen (secondary N) is 1. The maximum Gasteiger partial charge on any atom is 0.263 e. The van der Waals surface area contributed by atoms with Gasteiger partial charge >= 0.3 is 0 Å². The summed E-state index contributed by atoms with van der Waals surface area (Å²) in [6.07, 6.45) is 1.98. The van der Waals surface area contributed by atoms with Crippen molar-refractivity contribution in [1.29, 1.82) is 5.26 Å². The first-order valence-corrected chi connectivity index (χ1v) is 8.86. The largest absolute Gasteiger partial charge is 0.348 e. The number of aryl methyl sites for hydroxylation is 1. The lowest BCUT2D eigenvalue weighted by Crippen LogP contribution is -2.43. The molecule has 0 atom stereocenters. The molecule has 24 heavy (non-hydrogen) atoms. The molecule has 0 unspecified atom stereocenters. The predicted octanol–water partition coefficient (Wildman–Crippen LogP) is 2.81. The van der Waals surface area contributed by atoms with Gasteiger partial charge in [0.1, 0.15) is 9.88 Å². The Kier molecular flexibility index (Phi) is 4.93. The highest BCUT2D eigenvalue weighted by molar-refractivity contribution is 7.17. The summed E-state index contributed by atoms with van der Waals surface area (Å²) < 4.78 is 0. The maximum absolute atomic E-state index is 12.6. The molecule has 0 spiro atoms. The molecule has 1 fully saturated rings. The summed E-state index contributed by atoms with van der Waals surface area (Å²) in [5, 5.41) is 12.8. The first-order chi connectivity index (χ1) is 11.6. The van der Waals surface area contributed by atoms with Crippen molar-refractivity contribution in [2.45, 2.75) is 25.8 Å². The Morgan fingerprint density at radius 1 is 1.33 bits per heavy atom. The van der Waals surface area contributed by atoms with Crippen molar-refractivity contribution in [1.82, 2.24) is 15.2 Å². The number of carbonyl (C=O) groups excluding carboxylic acids is 1. The number of benzene rings is 1. The SMILES string of the molecule is Cc1nc(-c2ccc(C#N)cc2)sc1C(=O)NC1CCN(C)CC1. The highest BCUT2D eigenvalue weighted by atomic mass is 32.1. The van der Waals surface area contributed by atoms with Crippen LogP contribution in [0.5, 0.6) is 0 Å². The second kappa shape index (κ2) is 7.12. The molecule has 5 nitrogen and oxygen atoms in total. The van der Waals surface area contributed by atoms with Crippen LogP contribution in [0.1, 0.15) is 33.8 Å². The molecular weight excluding hydrogens is 320 g/mol. The Bertz CT molecular complexity index is 767. The minimum atomic E-state index is -0.0283.